The zero-order valence-electron chi connectivity index (χ0n) is 36.8. The Kier molecular flexibility index (Phi) is 17.6. The van der Waals surface area contributed by atoms with Crippen LogP contribution < -0.4 is 15.2 Å². The molecule has 0 saturated heterocycles. The molecule has 4 aromatic carbocycles. The molecule has 0 aromatic heterocycles. The van der Waals surface area contributed by atoms with Gasteiger partial charge in [0.05, 0.1) is 18.1 Å². The summed E-state index contributed by atoms with van der Waals surface area (Å²) in [5.74, 6) is 0.255. The van der Waals surface area contributed by atoms with E-state index in [-0.39, 0.29) is 30.4 Å². The molecular weight excluding hydrogens is 819 g/mol. The summed E-state index contributed by atoms with van der Waals surface area (Å²) in [4.78, 5) is 66.9. The van der Waals surface area contributed by atoms with Crippen molar-refractivity contribution in [2.75, 3.05) is 5.73 Å². The number of amides is 4. The third-order valence-electron chi connectivity index (χ3n) is 7.66. The van der Waals surface area contributed by atoms with Crippen molar-refractivity contribution in [2.24, 2.45) is 4.99 Å². The number of aliphatic hydroxyl groups is 1. The maximum atomic E-state index is 13.4. The van der Waals surface area contributed by atoms with Crippen LogP contribution in [0.15, 0.2) is 102 Å². The van der Waals surface area contributed by atoms with Gasteiger partial charge in [0, 0.05) is 17.8 Å². The zero-order valence-corrected chi connectivity index (χ0v) is 36.8. The first-order chi connectivity index (χ1) is 29.3. The van der Waals surface area contributed by atoms with Gasteiger partial charge >= 0.3 is 24.4 Å². The lowest BCUT2D eigenvalue weighted by Gasteiger charge is -2.32. The van der Waals surface area contributed by atoms with Crippen molar-refractivity contribution in [1.82, 2.24) is 9.80 Å². The smallest absolute Gasteiger partial charge is 0.437 e. The van der Waals surface area contributed by atoms with Crippen LogP contribution in [0.5, 0.6) is 11.5 Å². The average Bonchev–Trinajstić information content (AvgIpc) is 3.17. The Hall–Kier alpha value is -7.21. The van der Waals surface area contributed by atoms with E-state index < -0.39 is 58.6 Å². The molecule has 0 bridgehead atoms. The Morgan fingerprint density at radius 1 is 0.667 bits per heavy atom. The summed E-state index contributed by atoms with van der Waals surface area (Å²) in [6.07, 6.45) is -5.51. The van der Waals surface area contributed by atoms with Gasteiger partial charge in [-0.2, -0.15) is 0 Å². The second-order valence-corrected chi connectivity index (χ2v) is 16.8. The van der Waals surface area contributed by atoms with Gasteiger partial charge in [-0.15, -0.1) is 9.89 Å². The number of rotatable bonds is 10. The molecule has 0 radical (unpaired) electrons. The Labute approximate surface area is 365 Å². The number of nitrogen functional groups attached to an aromatic ring is 1. The number of aliphatic imine (C=N–C) groups is 1. The molecule has 0 heterocycles. The van der Waals surface area contributed by atoms with Crippen molar-refractivity contribution >= 4 is 41.7 Å². The predicted molar refractivity (Wildman–Crippen MR) is 233 cm³/mol. The normalized spacial score (nSPS) is 11.6. The van der Waals surface area contributed by atoms with Crippen molar-refractivity contribution in [1.29, 1.82) is 0 Å². The molecule has 0 spiro atoms. The lowest BCUT2D eigenvalue weighted by molar-refractivity contribution is -0.384. The van der Waals surface area contributed by atoms with Gasteiger partial charge in [-0.1, -0.05) is 48.5 Å². The molecule has 4 amide bonds. The van der Waals surface area contributed by atoms with Gasteiger partial charge in [0.15, 0.2) is 0 Å². The molecule has 4 rings (SSSR count). The monoisotopic (exact) mass is 873 g/mol. The van der Waals surface area contributed by atoms with Crippen LogP contribution in [0.4, 0.5) is 30.6 Å². The highest BCUT2D eigenvalue weighted by molar-refractivity contribution is 6.13. The molecule has 0 unspecified atom stereocenters. The summed E-state index contributed by atoms with van der Waals surface area (Å²) in [6, 6.07) is 27.0. The number of anilines is 1. The molecule has 0 aliphatic carbocycles. The number of carbonyl (C=O) groups is 4. The Morgan fingerprint density at radius 2 is 1.13 bits per heavy atom. The summed E-state index contributed by atoms with van der Waals surface area (Å²) < 4.78 is 27.3. The SMILES string of the molecule is CC(C)(C)OC(=O)N=C(N(Cc1ccc(OCc2cccc(N)c2)cc1)C(=O)O)N(C(=O)OC(C)(C)C)C(=O)OC(C)(C)C.O=[N+]([O-])c1cccc(COc2ccc(CO)cc2)c1. The second kappa shape index (κ2) is 22.1. The maximum absolute atomic E-state index is 13.4. The van der Waals surface area contributed by atoms with E-state index >= 15 is 0 Å². The van der Waals surface area contributed by atoms with Crippen LogP contribution >= 0.6 is 0 Å². The molecule has 18 heteroatoms. The first-order valence-corrected chi connectivity index (χ1v) is 19.5. The molecule has 0 saturated carbocycles. The Balaban J connectivity index is 0.000000459. The van der Waals surface area contributed by atoms with Crippen molar-refractivity contribution in [3.63, 3.8) is 0 Å². The van der Waals surface area contributed by atoms with Gasteiger partial charge in [-0.3, -0.25) is 10.1 Å². The van der Waals surface area contributed by atoms with Gasteiger partial charge < -0.3 is 39.6 Å². The second-order valence-electron chi connectivity index (χ2n) is 16.8. The van der Waals surface area contributed by atoms with Gasteiger partial charge in [0.1, 0.15) is 41.5 Å². The van der Waals surface area contributed by atoms with E-state index in [1.807, 2.05) is 12.1 Å². The summed E-state index contributed by atoms with van der Waals surface area (Å²) in [5, 5.41) is 29.8. The fourth-order valence-corrected chi connectivity index (χ4v) is 5.02. The summed E-state index contributed by atoms with van der Waals surface area (Å²) in [5.41, 5.74) is 6.04. The number of aliphatic hydroxyl groups excluding tert-OH is 1. The third-order valence-corrected chi connectivity index (χ3v) is 7.66. The van der Waals surface area contributed by atoms with Gasteiger partial charge in [0.2, 0.25) is 5.96 Å². The van der Waals surface area contributed by atoms with E-state index in [0.29, 0.717) is 27.6 Å². The number of imide groups is 1. The Bertz CT molecular complexity index is 2200. The summed E-state index contributed by atoms with van der Waals surface area (Å²) in [6.45, 7) is 14.1. The largest absolute Gasteiger partial charge is 0.489 e. The van der Waals surface area contributed by atoms with E-state index in [1.165, 1.54) is 12.1 Å². The number of nitrogens with two attached hydrogens (primary N) is 1. The number of nitrogens with zero attached hydrogens (tertiary/aromatic N) is 4. The molecule has 338 valence electrons. The molecule has 18 nitrogen and oxygen atoms in total. The minimum absolute atomic E-state index is 0.00877. The molecule has 63 heavy (non-hydrogen) atoms. The number of nitro benzene ring substituents is 1. The summed E-state index contributed by atoms with van der Waals surface area (Å²) in [7, 11) is 0. The fourth-order valence-electron chi connectivity index (χ4n) is 5.02. The molecule has 0 aliphatic rings. The lowest BCUT2D eigenvalue weighted by Crippen LogP contribution is -2.54. The molecule has 0 atom stereocenters. The third kappa shape index (κ3) is 18.1. The first kappa shape index (κ1) is 50.1. The number of nitro groups is 1. The number of ether oxygens (including phenoxy) is 5. The highest BCUT2D eigenvalue weighted by Gasteiger charge is 2.40. The van der Waals surface area contributed by atoms with Crippen LogP contribution in [0.2, 0.25) is 0 Å². The Morgan fingerprint density at radius 3 is 1.56 bits per heavy atom. The lowest BCUT2D eigenvalue weighted by atomic mass is 10.2. The van der Waals surface area contributed by atoms with Gasteiger partial charge in [0.25, 0.3) is 5.69 Å². The van der Waals surface area contributed by atoms with Crippen molar-refractivity contribution in [3.05, 3.63) is 129 Å². The van der Waals surface area contributed by atoms with Gasteiger partial charge in [-0.05, 0) is 121 Å². The van der Waals surface area contributed by atoms with Crippen LogP contribution in [0.3, 0.4) is 0 Å². The molecule has 0 fully saturated rings. The van der Waals surface area contributed by atoms with E-state index in [4.69, 9.17) is 34.5 Å². The van der Waals surface area contributed by atoms with Crippen LogP contribution in [0.25, 0.3) is 0 Å². The number of hydrogen-bond donors (Lipinski definition) is 3. The van der Waals surface area contributed by atoms with E-state index in [1.54, 1.807) is 135 Å². The molecule has 0 aliphatic heterocycles. The van der Waals surface area contributed by atoms with Crippen molar-refractivity contribution < 1.29 is 58.0 Å². The number of guanidine groups is 1. The number of benzene rings is 4. The average molecular weight is 874 g/mol. The van der Waals surface area contributed by atoms with Crippen molar-refractivity contribution in [3.8, 4) is 11.5 Å². The quantitative estimate of drug-likeness (QED) is 0.0336. The van der Waals surface area contributed by atoms with Crippen molar-refractivity contribution in [2.45, 2.75) is 105 Å². The fraction of sp³-hybridized carbons (Fsp3) is 0.356. The van der Waals surface area contributed by atoms with E-state index in [0.717, 1.165) is 16.7 Å². The summed E-state index contributed by atoms with van der Waals surface area (Å²) >= 11 is 0. The standard InChI is InChI=1S/C31H42N4O9.C14H13NO4/c1-29(2,3)42-25(36)33-24(35(27(39)43-30(4,5)6)28(40)44-31(7,8)9)34(26(37)38)18-20-13-15-23(16-14-20)41-19-21-11-10-12-22(32)17-21;16-9-11-4-6-14(7-5-11)19-10-12-2-1-3-13(8-12)15(17)18/h10-17H,18-19,32H2,1-9H3,(H,37,38);1-8,16H,9-10H2. The maximum Gasteiger partial charge on any atom is 0.437 e. The minimum atomic E-state index is -1.63. The molecule has 4 aromatic rings. The number of carboxylic acid groups (broad SMARTS) is 1. The topological polar surface area (TPSA) is 243 Å². The zero-order chi connectivity index (χ0) is 47.1. The molecular formula is C45H55N5O13. The van der Waals surface area contributed by atoms with Crippen LogP contribution in [-0.4, -0.2) is 72.1 Å². The number of carbonyl (C=O) groups excluding carboxylic acids is 3. The highest BCUT2D eigenvalue weighted by atomic mass is 16.6. The first-order valence-electron chi connectivity index (χ1n) is 19.5. The minimum Gasteiger partial charge on any atom is -0.489 e. The number of non-ortho nitro benzene ring substituents is 1. The highest BCUT2D eigenvalue weighted by Crippen LogP contribution is 2.22. The predicted octanol–water partition coefficient (Wildman–Crippen LogP) is 9.46. The van der Waals surface area contributed by atoms with E-state index in [9.17, 15) is 34.4 Å². The van der Waals surface area contributed by atoms with Crippen LogP contribution in [0.1, 0.15) is 84.6 Å². The van der Waals surface area contributed by atoms with Crippen LogP contribution in [0, 0.1) is 10.1 Å². The number of hydrogen-bond acceptors (Lipinski definition) is 13. The van der Waals surface area contributed by atoms with Crippen LogP contribution in [-0.2, 0) is 40.6 Å². The van der Waals surface area contributed by atoms with Gasteiger partial charge in [-0.25, -0.2) is 24.1 Å². The molecule has 4 N–H and O–H groups in total. The van der Waals surface area contributed by atoms with E-state index in [2.05, 4.69) is 4.99 Å².